The van der Waals surface area contributed by atoms with Crippen LogP contribution < -0.4 is 0 Å². The van der Waals surface area contributed by atoms with Gasteiger partial charge in [-0.05, 0) is 11.8 Å². The summed E-state index contributed by atoms with van der Waals surface area (Å²) in [5.41, 5.74) is -0.697. The molecule has 10 heteroatoms. The third-order valence-corrected chi connectivity index (χ3v) is 4.82. The fourth-order valence-corrected chi connectivity index (χ4v) is 3.17. The van der Waals surface area contributed by atoms with Gasteiger partial charge >= 0.3 is 11.9 Å². The van der Waals surface area contributed by atoms with E-state index < -0.39 is 72.2 Å². The van der Waals surface area contributed by atoms with Crippen LogP contribution in [0.4, 0.5) is 0 Å². The Kier molecular flexibility index (Phi) is 8.24. The first kappa shape index (κ1) is 24.2. The van der Waals surface area contributed by atoms with E-state index in [0.29, 0.717) is 6.29 Å². The lowest BCUT2D eigenvalue weighted by molar-refractivity contribution is -0.261. The van der Waals surface area contributed by atoms with Crippen molar-refractivity contribution in [2.75, 3.05) is 0 Å². The van der Waals surface area contributed by atoms with Crippen molar-refractivity contribution in [2.45, 2.75) is 70.7 Å². The van der Waals surface area contributed by atoms with E-state index in [4.69, 9.17) is 9.47 Å². The van der Waals surface area contributed by atoms with Gasteiger partial charge in [-0.2, -0.15) is 0 Å². The molecule has 28 heavy (non-hydrogen) atoms. The number of aliphatic carboxylic acids is 2. The Morgan fingerprint density at radius 2 is 1.68 bits per heavy atom. The van der Waals surface area contributed by atoms with E-state index in [0.717, 1.165) is 0 Å². The number of ether oxygens (including phenoxy) is 2. The number of rotatable bonds is 9. The minimum Gasteiger partial charge on any atom is -0.481 e. The third-order valence-electron chi connectivity index (χ3n) is 4.82. The number of hydrogen-bond donors (Lipinski definition) is 4. The molecule has 8 atom stereocenters. The Morgan fingerprint density at radius 3 is 2.07 bits per heavy atom. The maximum atomic E-state index is 11.6. The van der Waals surface area contributed by atoms with Gasteiger partial charge in [0.15, 0.2) is 6.10 Å². The van der Waals surface area contributed by atoms with E-state index in [1.807, 2.05) is 0 Å². The minimum absolute atomic E-state index is 0.265. The van der Waals surface area contributed by atoms with Crippen molar-refractivity contribution in [3.05, 3.63) is 0 Å². The van der Waals surface area contributed by atoms with E-state index >= 15 is 0 Å². The molecule has 5 unspecified atom stereocenters. The van der Waals surface area contributed by atoms with Crippen molar-refractivity contribution in [2.24, 2.45) is 17.3 Å². The number of aldehydes is 2. The zero-order chi connectivity index (χ0) is 21.8. The zero-order valence-corrected chi connectivity index (χ0v) is 16.2. The molecule has 4 N–H and O–H groups in total. The second-order valence-corrected chi connectivity index (χ2v) is 8.11. The van der Waals surface area contributed by atoms with Gasteiger partial charge < -0.3 is 39.5 Å². The molecule has 0 saturated carbocycles. The van der Waals surface area contributed by atoms with Crippen LogP contribution in [0, 0.1) is 17.3 Å². The van der Waals surface area contributed by atoms with Crippen molar-refractivity contribution in [1.29, 1.82) is 0 Å². The van der Waals surface area contributed by atoms with E-state index in [9.17, 15) is 39.6 Å². The summed E-state index contributed by atoms with van der Waals surface area (Å²) in [5, 5.41) is 39.5. The molecule has 0 radical (unpaired) electrons. The topological polar surface area (TPSA) is 168 Å². The highest BCUT2D eigenvalue weighted by Crippen LogP contribution is 2.35. The Labute approximate surface area is 162 Å². The molecule has 160 valence electrons. The van der Waals surface area contributed by atoms with Crippen LogP contribution >= 0.6 is 0 Å². The number of hydrogen-bond acceptors (Lipinski definition) is 8. The van der Waals surface area contributed by atoms with E-state index in [1.165, 1.54) is 6.92 Å². The maximum absolute atomic E-state index is 11.6. The van der Waals surface area contributed by atoms with Gasteiger partial charge in [0.2, 0.25) is 0 Å². The molecule has 0 aliphatic carbocycles. The molecule has 0 bridgehead atoms. The predicted molar refractivity (Wildman–Crippen MR) is 93.5 cm³/mol. The maximum Gasteiger partial charge on any atom is 0.335 e. The molecule has 1 aliphatic rings. The minimum atomic E-state index is -1.69. The highest BCUT2D eigenvalue weighted by molar-refractivity contribution is 5.75. The van der Waals surface area contributed by atoms with Gasteiger partial charge in [-0.25, -0.2) is 4.79 Å². The van der Waals surface area contributed by atoms with Gasteiger partial charge in [0.25, 0.3) is 0 Å². The quantitative estimate of drug-likeness (QED) is 0.367. The average Bonchev–Trinajstić information content (AvgIpc) is 2.59. The standard InChI is InChI=1S/C18H28O10/c1-8(6-19)10(16(23)24)5-9(7-20)27-13-11(21)12(22)15(18(2,3)4)28-14(13)17(25)26/h6-15,21-22H,5H2,1-4H3,(H,23,24)(H,25,26)/t8?,9?,10?,11?,12-,13-,14?,15+/m1/s1. The third kappa shape index (κ3) is 5.57. The Balaban J connectivity index is 3.07. The highest BCUT2D eigenvalue weighted by Gasteiger charge is 2.52. The summed E-state index contributed by atoms with van der Waals surface area (Å²) in [6.07, 6.45) is -8.62. The van der Waals surface area contributed by atoms with Crippen LogP contribution in [0.3, 0.4) is 0 Å². The number of carbonyl (C=O) groups is 4. The summed E-state index contributed by atoms with van der Waals surface area (Å²) in [6, 6.07) is 0. The lowest BCUT2D eigenvalue weighted by atomic mass is 9.80. The van der Waals surface area contributed by atoms with Gasteiger partial charge in [-0.15, -0.1) is 0 Å². The van der Waals surface area contributed by atoms with Crippen molar-refractivity contribution in [3.8, 4) is 0 Å². The summed E-state index contributed by atoms with van der Waals surface area (Å²) in [6.45, 7) is 6.45. The predicted octanol–water partition coefficient (Wildman–Crippen LogP) is -0.515. The van der Waals surface area contributed by atoms with Crippen LogP contribution in [0.25, 0.3) is 0 Å². The summed E-state index contributed by atoms with van der Waals surface area (Å²) in [5.74, 6) is -4.95. The lowest BCUT2D eigenvalue weighted by Crippen LogP contribution is -2.64. The fourth-order valence-electron chi connectivity index (χ4n) is 3.17. The molecular formula is C18H28O10. The first-order chi connectivity index (χ1) is 12.8. The highest BCUT2D eigenvalue weighted by atomic mass is 16.6. The van der Waals surface area contributed by atoms with Crippen LogP contribution in [-0.2, 0) is 28.7 Å². The molecule has 1 saturated heterocycles. The van der Waals surface area contributed by atoms with Crippen LogP contribution in [-0.4, -0.2) is 81.6 Å². The number of carboxylic acid groups (broad SMARTS) is 2. The Bertz CT molecular complexity index is 583. The summed E-state index contributed by atoms with van der Waals surface area (Å²) in [4.78, 5) is 45.3. The molecule has 0 spiro atoms. The first-order valence-electron chi connectivity index (χ1n) is 8.88. The molecule has 0 amide bonds. The zero-order valence-electron chi connectivity index (χ0n) is 16.2. The summed E-state index contributed by atoms with van der Waals surface area (Å²) in [7, 11) is 0. The van der Waals surface area contributed by atoms with Gasteiger partial charge in [0.05, 0.1) is 12.0 Å². The van der Waals surface area contributed by atoms with Gasteiger partial charge in [-0.3, -0.25) is 4.79 Å². The van der Waals surface area contributed by atoms with Gasteiger partial charge in [0, 0.05) is 5.92 Å². The Morgan fingerprint density at radius 1 is 1.11 bits per heavy atom. The second-order valence-electron chi connectivity index (χ2n) is 8.11. The molecule has 10 nitrogen and oxygen atoms in total. The lowest BCUT2D eigenvalue weighted by Gasteiger charge is -2.46. The van der Waals surface area contributed by atoms with Crippen LogP contribution in [0.1, 0.15) is 34.1 Å². The monoisotopic (exact) mass is 404 g/mol. The normalized spacial score (nSPS) is 31.4. The summed E-state index contributed by atoms with van der Waals surface area (Å²) < 4.78 is 10.8. The molecular weight excluding hydrogens is 376 g/mol. The van der Waals surface area contributed by atoms with Crippen LogP contribution in [0.15, 0.2) is 0 Å². The van der Waals surface area contributed by atoms with E-state index in [1.54, 1.807) is 20.8 Å². The molecule has 1 rings (SSSR count). The molecule has 1 fully saturated rings. The fraction of sp³-hybridized carbons (Fsp3) is 0.778. The van der Waals surface area contributed by atoms with Gasteiger partial charge in [-0.1, -0.05) is 27.7 Å². The molecule has 0 aromatic carbocycles. The number of carbonyl (C=O) groups excluding carboxylic acids is 2. The van der Waals surface area contributed by atoms with Crippen LogP contribution in [0.2, 0.25) is 0 Å². The molecule has 1 heterocycles. The number of aliphatic hydroxyl groups excluding tert-OH is 2. The van der Waals surface area contributed by atoms with Gasteiger partial charge in [0.1, 0.15) is 37.0 Å². The van der Waals surface area contributed by atoms with Crippen molar-refractivity contribution >= 4 is 24.5 Å². The van der Waals surface area contributed by atoms with E-state index in [2.05, 4.69) is 0 Å². The number of aliphatic hydroxyl groups is 2. The second kappa shape index (κ2) is 9.55. The van der Waals surface area contributed by atoms with E-state index in [-0.39, 0.29) is 6.29 Å². The first-order valence-corrected chi connectivity index (χ1v) is 8.88. The average molecular weight is 404 g/mol. The van der Waals surface area contributed by atoms with Crippen molar-refractivity contribution in [3.63, 3.8) is 0 Å². The Hall–Kier alpha value is -1.88. The van der Waals surface area contributed by atoms with Crippen molar-refractivity contribution < 1.29 is 49.1 Å². The largest absolute Gasteiger partial charge is 0.481 e. The molecule has 0 aromatic rings. The molecule has 0 aromatic heterocycles. The van der Waals surface area contributed by atoms with Crippen LogP contribution in [0.5, 0.6) is 0 Å². The molecule has 1 aliphatic heterocycles. The van der Waals surface area contributed by atoms with Crippen molar-refractivity contribution in [1.82, 2.24) is 0 Å². The SMILES string of the molecule is CC(C=O)C(CC(C=O)O[C@H]1C(C(=O)O)O[C@H](C(C)(C)C)[C@H](O)C1O)C(=O)O. The number of carboxylic acids is 2. The summed E-state index contributed by atoms with van der Waals surface area (Å²) >= 11 is 0. The smallest absolute Gasteiger partial charge is 0.335 e.